The molecule has 1 N–H and O–H groups in total. The third-order valence-corrected chi connectivity index (χ3v) is 4.42. The summed E-state index contributed by atoms with van der Waals surface area (Å²) in [5.41, 5.74) is 1.18. The molecule has 0 radical (unpaired) electrons. The van der Waals surface area contributed by atoms with Gasteiger partial charge in [0.05, 0.1) is 5.69 Å². The van der Waals surface area contributed by atoms with Gasteiger partial charge in [-0.25, -0.2) is 0 Å². The number of hydrogen-bond donors (Lipinski definition) is 1. The maximum Gasteiger partial charge on any atom is 0.250 e. The molecule has 1 fully saturated rings. The topological polar surface area (TPSA) is 34.0 Å². The third-order valence-electron chi connectivity index (χ3n) is 4.42. The van der Waals surface area contributed by atoms with Crippen molar-refractivity contribution >= 4 is 5.69 Å². The standard InChI is InChI=1S/C16H26N2O/c1-4-9-18-11-15(7-8-16(18)19)17-14-6-5-12(2)13(3)10-14/h7-8,11-14,17H,4-6,9-10H2,1-3H3. The molecule has 3 heteroatoms. The molecule has 0 spiro atoms. The van der Waals surface area contributed by atoms with Gasteiger partial charge >= 0.3 is 0 Å². The Morgan fingerprint density at radius 3 is 2.74 bits per heavy atom. The van der Waals surface area contributed by atoms with E-state index in [4.69, 9.17) is 0 Å². The summed E-state index contributed by atoms with van der Waals surface area (Å²) in [5.74, 6) is 1.62. The van der Waals surface area contributed by atoms with Crippen molar-refractivity contribution in [1.82, 2.24) is 4.57 Å². The fraction of sp³-hybridized carbons (Fsp3) is 0.688. The Bertz CT molecular complexity index is 466. The summed E-state index contributed by atoms with van der Waals surface area (Å²) >= 11 is 0. The van der Waals surface area contributed by atoms with Crippen molar-refractivity contribution in [3.8, 4) is 0 Å². The normalized spacial score (nSPS) is 27.2. The molecule has 0 aliphatic heterocycles. The molecule has 1 aliphatic carbocycles. The van der Waals surface area contributed by atoms with Crippen LogP contribution in [-0.4, -0.2) is 10.6 Å². The Morgan fingerprint density at radius 2 is 2.05 bits per heavy atom. The third kappa shape index (κ3) is 3.62. The number of nitrogens with one attached hydrogen (secondary N) is 1. The molecule has 3 atom stereocenters. The Balaban J connectivity index is 2.03. The first-order chi connectivity index (χ1) is 9.10. The lowest BCUT2D eigenvalue weighted by Crippen LogP contribution is -2.31. The van der Waals surface area contributed by atoms with Gasteiger partial charge in [-0.05, 0) is 43.6 Å². The van der Waals surface area contributed by atoms with Crippen molar-refractivity contribution < 1.29 is 0 Å². The average Bonchev–Trinajstić information content (AvgIpc) is 2.38. The van der Waals surface area contributed by atoms with Crippen LogP contribution in [0.3, 0.4) is 0 Å². The number of hydrogen-bond acceptors (Lipinski definition) is 2. The highest BCUT2D eigenvalue weighted by atomic mass is 16.1. The van der Waals surface area contributed by atoms with Crippen LogP contribution in [0.1, 0.15) is 46.5 Å². The quantitative estimate of drug-likeness (QED) is 0.901. The summed E-state index contributed by atoms with van der Waals surface area (Å²) in [6.07, 6.45) is 6.72. The molecule has 2 rings (SSSR count). The SMILES string of the molecule is CCCn1cc(NC2CCC(C)C(C)C2)ccc1=O. The molecule has 0 aromatic carbocycles. The van der Waals surface area contributed by atoms with Crippen LogP contribution in [0.5, 0.6) is 0 Å². The van der Waals surface area contributed by atoms with Crippen molar-refractivity contribution in [2.75, 3.05) is 5.32 Å². The predicted octanol–water partition coefficient (Wildman–Crippen LogP) is 3.49. The van der Waals surface area contributed by atoms with Crippen molar-refractivity contribution in [3.63, 3.8) is 0 Å². The molecule has 1 aromatic rings. The van der Waals surface area contributed by atoms with Crippen LogP contribution in [0.15, 0.2) is 23.1 Å². The highest BCUT2D eigenvalue weighted by Gasteiger charge is 2.24. The molecule has 0 bridgehead atoms. The zero-order valence-corrected chi connectivity index (χ0v) is 12.4. The van der Waals surface area contributed by atoms with Gasteiger partial charge in [0.25, 0.3) is 5.56 Å². The summed E-state index contributed by atoms with van der Waals surface area (Å²) in [4.78, 5) is 11.7. The summed E-state index contributed by atoms with van der Waals surface area (Å²) in [5, 5.41) is 3.60. The number of aromatic nitrogens is 1. The molecule has 0 amide bonds. The molecule has 1 heterocycles. The number of aryl methyl sites for hydroxylation is 1. The van der Waals surface area contributed by atoms with E-state index >= 15 is 0 Å². The van der Waals surface area contributed by atoms with Crippen LogP contribution >= 0.6 is 0 Å². The second-order valence-electron chi connectivity index (χ2n) is 6.06. The molecule has 3 nitrogen and oxygen atoms in total. The van der Waals surface area contributed by atoms with Gasteiger partial charge in [0, 0.05) is 24.8 Å². The highest BCUT2D eigenvalue weighted by Crippen LogP contribution is 2.30. The minimum absolute atomic E-state index is 0.0954. The molecular formula is C16H26N2O. The Hall–Kier alpha value is -1.25. The van der Waals surface area contributed by atoms with E-state index in [1.54, 1.807) is 10.6 Å². The molecule has 1 aliphatic rings. The van der Waals surface area contributed by atoms with Crippen LogP contribution in [0.4, 0.5) is 5.69 Å². The highest BCUT2D eigenvalue weighted by molar-refractivity contribution is 5.41. The maximum absolute atomic E-state index is 11.7. The van der Waals surface area contributed by atoms with Crippen LogP contribution in [-0.2, 0) is 6.54 Å². The van der Waals surface area contributed by atoms with E-state index in [0.717, 1.165) is 30.5 Å². The van der Waals surface area contributed by atoms with E-state index < -0.39 is 0 Å². The minimum atomic E-state index is 0.0954. The van der Waals surface area contributed by atoms with Gasteiger partial charge in [0.1, 0.15) is 0 Å². The Kier molecular flexibility index (Phi) is 4.67. The van der Waals surface area contributed by atoms with E-state index in [-0.39, 0.29) is 5.56 Å². The van der Waals surface area contributed by atoms with E-state index in [0.29, 0.717) is 6.04 Å². The molecule has 106 valence electrons. The largest absolute Gasteiger partial charge is 0.381 e. The van der Waals surface area contributed by atoms with Gasteiger partial charge in [0.15, 0.2) is 0 Å². The molecule has 19 heavy (non-hydrogen) atoms. The summed E-state index contributed by atoms with van der Waals surface area (Å²) < 4.78 is 1.80. The molecule has 3 unspecified atom stereocenters. The van der Waals surface area contributed by atoms with Gasteiger partial charge < -0.3 is 9.88 Å². The lowest BCUT2D eigenvalue weighted by molar-refractivity contribution is 0.261. The van der Waals surface area contributed by atoms with Crippen molar-refractivity contribution in [2.24, 2.45) is 11.8 Å². The van der Waals surface area contributed by atoms with Gasteiger partial charge in [-0.3, -0.25) is 4.79 Å². The zero-order chi connectivity index (χ0) is 13.8. The van der Waals surface area contributed by atoms with Gasteiger partial charge in [0.2, 0.25) is 0 Å². The molecule has 1 aromatic heterocycles. The molecule has 0 saturated heterocycles. The number of nitrogens with zero attached hydrogens (tertiary/aromatic N) is 1. The second kappa shape index (κ2) is 6.27. The van der Waals surface area contributed by atoms with Gasteiger partial charge in [-0.1, -0.05) is 20.8 Å². The first kappa shape index (κ1) is 14.2. The lowest BCUT2D eigenvalue weighted by Gasteiger charge is -2.33. The van der Waals surface area contributed by atoms with Crippen LogP contribution in [0.2, 0.25) is 0 Å². The number of pyridine rings is 1. The molecular weight excluding hydrogens is 236 g/mol. The first-order valence-corrected chi connectivity index (χ1v) is 7.57. The van der Waals surface area contributed by atoms with Crippen LogP contribution in [0, 0.1) is 11.8 Å². The maximum atomic E-state index is 11.7. The molecule has 1 saturated carbocycles. The number of rotatable bonds is 4. The van der Waals surface area contributed by atoms with Gasteiger partial charge in [-0.2, -0.15) is 0 Å². The summed E-state index contributed by atoms with van der Waals surface area (Å²) in [6, 6.07) is 4.14. The van der Waals surface area contributed by atoms with E-state index in [9.17, 15) is 4.79 Å². The second-order valence-corrected chi connectivity index (χ2v) is 6.06. The fourth-order valence-corrected chi connectivity index (χ4v) is 2.95. The van der Waals surface area contributed by atoms with Crippen molar-refractivity contribution in [3.05, 3.63) is 28.7 Å². The summed E-state index contributed by atoms with van der Waals surface area (Å²) in [7, 11) is 0. The van der Waals surface area contributed by atoms with Crippen molar-refractivity contribution in [2.45, 2.75) is 59.0 Å². The Labute approximate surface area is 116 Å². The first-order valence-electron chi connectivity index (χ1n) is 7.57. The van der Waals surface area contributed by atoms with Crippen LogP contribution in [0.25, 0.3) is 0 Å². The smallest absolute Gasteiger partial charge is 0.250 e. The number of anilines is 1. The zero-order valence-electron chi connectivity index (χ0n) is 12.4. The lowest BCUT2D eigenvalue weighted by atomic mass is 9.79. The van der Waals surface area contributed by atoms with E-state index in [1.807, 2.05) is 12.3 Å². The van der Waals surface area contributed by atoms with Gasteiger partial charge in [-0.15, -0.1) is 0 Å². The predicted molar refractivity (Wildman–Crippen MR) is 80.6 cm³/mol. The van der Waals surface area contributed by atoms with Crippen molar-refractivity contribution in [1.29, 1.82) is 0 Å². The fourth-order valence-electron chi connectivity index (χ4n) is 2.95. The summed E-state index contributed by atoms with van der Waals surface area (Å²) in [6.45, 7) is 7.59. The Morgan fingerprint density at radius 1 is 1.26 bits per heavy atom. The average molecular weight is 262 g/mol. The minimum Gasteiger partial charge on any atom is -0.381 e. The van der Waals surface area contributed by atoms with E-state index in [1.165, 1.54) is 19.3 Å². The van der Waals surface area contributed by atoms with Crippen LogP contribution < -0.4 is 10.9 Å². The van der Waals surface area contributed by atoms with E-state index in [2.05, 4.69) is 26.1 Å². The monoisotopic (exact) mass is 262 g/mol.